The van der Waals surface area contributed by atoms with Gasteiger partial charge in [-0.2, -0.15) is 10.2 Å². The highest BCUT2D eigenvalue weighted by Gasteiger charge is 2.36. The number of piperidine rings is 1. The Hall–Kier alpha value is -3.41. The summed E-state index contributed by atoms with van der Waals surface area (Å²) in [5.41, 5.74) is 6.25. The zero-order valence-electron chi connectivity index (χ0n) is 17.3. The lowest BCUT2D eigenvalue weighted by Crippen LogP contribution is -2.57. The average molecular weight is 412 g/mol. The molecule has 0 unspecified atom stereocenters. The van der Waals surface area contributed by atoms with E-state index in [2.05, 4.69) is 9.97 Å². The molecule has 30 heavy (non-hydrogen) atoms. The second kappa shape index (κ2) is 8.14. The van der Waals surface area contributed by atoms with E-state index in [-0.39, 0.29) is 17.6 Å². The molecule has 158 valence electrons. The maximum Gasteiger partial charge on any atom is 0.408 e. The molecule has 1 aliphatic heterocycles. The molecule has 1 fully saturated rings. The van der Waals surface area contributed by atoms with Crippen molar-refractivity contribution in [2.75, 3.05) is 23.7 Å². The first-order chi connectivity index (χ1) is 14.1. The van der Waals surface area contributed by atoms with Crippen LogP contribution in [0.2, 0.25) is 0 Å². The van der Waals surface area contributed by atoms with Crippen molar-refractivity contribution in [1.82, 2.24) is 14.9 Å². The van der Waals surface area contributed by atoms with E-state index >= 15 is 0 Å². The van der Waals surface area contributed by atoms with Gasteiger partial charge in [0.15, 0.2) is 0 Å². The first-order valence-corrected chi connectivity index (χ1v) is 9.72. The highest BCUT2D eigenvalue weighted by Crippen LogP contribution is 2.29. The summed E-state index contributed by atoms with van der Waals surface area (Å²) >= 11 is 0. The Labute approximate surface area is 174 Å². The predicted octanol–water partition coefficient (Wildman–Crippen LogP) is 3.48. The van der Waals surface area contributed by atoms with E-state index in [0.717, 1.165) is 12.8 Å². The highest BCUT2D eigenvalue weighted by molar-refractivity contribution is 5.67. The summed E-state index contributed by atoms with van der Waals surface area (Å²) in [4.78, 5) is 23.9. The minimum atomic E-state index is -0.953. The average Bonchev–Trinajstić information content (AvgIpc) is 2.66. The lowest BCUT2D eigenvalue weighted by Gasteiger charge is -2.44. The molecule has 1 aromatic heterocycles. The largest absolute Gasteiger partial charge is 0.465 e. The molecule has 3 N–H and O–H groups in total. The van der Waals surface area contributed by atoms with Gasteiger partial charge in [0, 0.05) is 30.3 Å². The third kappa shape index (κ3) is 4.43. The van der Waals surface area contributed by atoms with Crippen LogP contribution in [0, 0.1) is 17.1 Å². The van der Waals surface area contributed by atoms with Crippen LogP contribution in [0.5, 0.6) is 0 Å². The number of nitriles is 1. The van der Waals surface area contributed by atoms with Crippen molar-refractivity contribution in [2.45, 2.75) is 45.2 Å². The molecule has 1 amide bonds. The van der Waals surface area contributed by atoms with Crippen LogP contribution < -0.4 is 10.6 Å². The molecule has 3 rings (SSSR count). The zero-order chi connectivity index (χ0) is 22.1. The summed E-state index contributed by atoms with van der Waals surface area (Å²) in [5, 5.41) is 18.6. The van der Waals surface area contributed by atoms with Gasteiger partial charge in [-0.1, -0.05) is 6.07 Å². The summed E-state index contributed by atoms with van der Waals surface area (Å²) in [6, 6.07) is 7.56. The molecule has 2 heterocycles. The number of halogens is 1. The van der Waals surface area contributed by atoms with Gasteiger partial charge in [0.05, 0.1) is 17.3 Å². The van der Waals surface area contributed by atoms with Crippen LogP contribution in [0.15, 0.2) is 24.3 Å². The molecule has 0 radical (unpaired) electrons. The third-order valence-electron chi connectivity index (χ3n) is 5.13. The Kier molecular flexibility index (Phi) is 5.78. The van der Waals surface area contributed by atoms with E-state index in [1.165, 1.54) is 17.0 Å². The molecule has 0 bridgehead atoms. The van der Waals surface area contributed by atoms with E-state index < -0.39 is 17.4 Å². The molecule has 1 aliphatic rings. The van der Waals surface area contributed by atoms with Crippen molar-refractivity contribution >= 4 is 17.9 Å². The van der Waals surface area contributed by atoms with E-state index in [9.17, 15) is 14.3 Å². The fraction of sp³-hybridized carbons (Fsp3) is 0.429. The van der Waals surface area contributed by atoms with Crippen molar-refractivity contribution < 1.29 is 14.3 Å². The highest BCUT2D eigenvalue weighted by atomic mass is 19.1. The van der Waals surface area contributed by atoms with E-state index in [0.29, 0.717) is 30.2 Å². The van der Waals surface area contributed by atoms with Gasteiger partial charge in [0.1, 0.15) is 17.7 Å². The molecule has 9 heteroatoms. The van der Waals surface area contributed by atoms with Crippen molar-refractivity contribution in [3.05, 3.63) is 35.6 Å². The Morgan fingerprint density at radius 3 is 2.70 bits per heavy atom. The van der Waals surface area contributed by atoms with Crippen molar-refractivity contribution in [2.24, 2.45) is 0 Å². The summed E-state index contributed by atoms with van der Waals surface area (Å²) in [6.07, 6.45) is 0.606. The number of nitrogens with two attached hydrogens (primary N) is 1. The number of nitrogens with zero attached hydrogens (tertiary/aromatic N) is 5. The number of rotatable bonds is 3. The van der Waals surface area contributed by atoms with Crippen molar-refractivity contribution in [3.8, 4) is 17.3 Å². The van der Waals surface area contributed by atoms with Crippen LogP contribution in [-0.2, 0) is 0 Å². The number of anilines is 2. The van der Waals surface area contributed by atoms with Gasteiger partial charge < -0.3 is 15.7 Å². The van der Waals surface area contributed by atoms with Crippen molar-refractivity contribution in [3.63, 3.8) is 0 Å². The van der Waals surface area contributed by atoms with Gasteiger partial charge in [0.2, 0.25) is 5.95 Å². The van der Waals surface area contributed by atoms with Gasteiger partial charge in [-0.25, -0.2) is 14.2 Å². The Balaban J connectivity index is 1.92. The number of carbonyl (C=O) groups is 1. The summed E-state index contributed by atoms with van der Waals surface area (Å²) in [7, 11) is 0. The van der Waals surface area contributed by atoms with Crippen molar-refractivity contribution in [1.29, 1.82) is 5.26 Å². The first-order valence-electron chi connectivity index (χ1n) is 9.72. The SMILES string of the molecule is CC(C)(C)N(C(=O)O)[C@@H]1CCCN(c2cc(-c3ccc(C#N)c(F)c3)nc(N)n2)C1. The third-order valence-corrected chi connectivity index (χ3v) is 5.13. The molecule has 1 aromatic carbocycles. The molecule has 8 nitrogen and oxygen atoms in total. The molecule has 0 spiro atoms. The lowest BCUT2D eigenvalue weighted by molar-refractivity contribution is 0.0647. The van der Waals surface area contributed by atoms with E-state index in [1.54, 1.807) is 18.2 Å². The Morgan fingerprint density at radius 2 is 2.10 bits per heavy atom. The van der Waals surface area contributed by atoms with Gasteiger partial charge in [-0.3, -0.25) is 4.90 Å². The summed E-state index contributed by atoms with van der Waals surface area (Å²) < 4.78 is 14.1. The number of hydrogen-bond donors (Lipinski definition) is 2. The smallest absolute Gasteiger partial charge is 0.408 e. The fourth-order valence-electron chi connectivity index (χ4n) is 3.89. The van der Waals surface area contributed by atoms with Crippen LogP contribution in [0.4, 0.5) is 21.0 Å². The topological polar surface area (TPSA) is 119 Å². The first kappa shape index (κ1) is 21.3. The van der Waals surface area contributed by atoms with Crippen LogP contribution in [0.1, 0.15) is 39.2 Å². The molecule has 0 aliphatic carbocycles. The standard InChI is InChI=1S/C21H25FN6O2/c1-21(2,3)28(20(29)30)15-5-4-8-27(12-15)18-10-17(25-19(24)26-18)13-6-7-14(11-23)16(22)9-13/h6-7,9-10,15H,4-5,8,12H2,1-3H3,(H,29,30)(H2,24,25,26)/t15-/m1/s1. The number of nitrogen functional groups attached to an aromatic ring is 1. The molecule has 1 atom stereocenters. The van der Waals surface area contributed by atoms with Gasteiger partial charge in [-0.05, 0) is 45.7 Å². The second-order valence-electron chi connectivity index (χ2n) is 8.34. The summed E-state index contributed by atoms with van der Waals surface area (Å²) in [5.74, 6) is -0.0273. The van der Waals surface area contributed by atoms with E-state index in [1.807, 2.05) is 25.7 Å². The van der Waals surface area contributed by atoms with Gasteiger partial charge in [0.25, 0.3) is 0 Å². The maximum absolute atomic E-state index is 14.1. The zero-order valence-corrected chi connectivity index (χ0v) is 17.3. The molecule has 1 saturated heterocycles. The molecule has 2 aromatic rings. The Morgan fingerprint density at radius 1 is 1.37 bits per heavy atom. The van der Waals surface area contributed by atoms with Gasteiger partial charge in [-0.15, -0.1) is 0 Å². The van der Waals surface area contributed by atoms with Gasteiger partial charge >= 0.3 is 6.09 Å². The molecular weight excluding hydrogens is 387 g/mol. The second-order valence-corrected chi connectivity index (χ2v) is 8.34. The Bertz CT molecular complexity index is 998. The van der Waals surface area contributed by atoms with Crippen LogP contribution in [0.3, 0.4) is 0 Å². The number of aromatic nitrogens is 2. The number of carboxylic acid groups (broad SMARTS) is 1. The molecular formula is C21H25FN6O2. The monoisotopic (exact) mass is 412 g/mol. The lowest BCUT2D eigenvalue weighted by atomic mass is 9.97. The van der Waals surface area contributed by atoms with Crippen LogP contribution in [-0.4, -0.2) is 50.7 Å². The maximum atomic E-state index is 14.1. The number of amides is 1. The number of benzene rings is 1. The predicted molar refractivity (Wildman–Crippen MR) is 111 cm³/mol. The van der Waals surface area contributed by atoms with E-state index in [4.69, 9.17) is 11.0 Å². The van der Waals surface area contributed by atoms with Crippen LogP contribution in [0.25, 0.3) is 11.3 Å². The minimum absolute atomic E-state index is 0.0419. The fourth-order valence-corrected chi connectivity index (χ4v) is 3.89. The summed E-state index contributed by atoms with van der Waals surface area (Å²) in [6.45, 7) is 6.80. The van der Waals surface area contributed by atoms with Crippen LogP contribution >= 0.6 is 0 Å². The normalized spacial score (nSPS) is 16.8. The molecule has 0 saturated carbocycles. The minimum Gasteiger partial charge on any atom is -0.465 e. The quantitative estimate of drug-likeness (QED) is 0.792. The number of hydrogen-bond acceptors (Lipinski definition) is 6.